The Morgan fingerprint density at radius 1 is 1.77 bits per heavy atom. The SMILES string of the molecule is CC#CC(CNC(=O)O)C(I)CCl. The van der Waals surface area contributed by atoms with Crippen LogP contribution in [0.4, 0.5) is 4.79 Å². The molecule has 0 aromatic carbocycles. The van der Waals surface area contributed by atoms with E-state index in [1.54, 1.807) is 6.92 Å². The summed E-state index contributed by atoms with van der Waals surface area (Å²) in [6.45, 7) is 2.06. The van der Waals surface area contributed by atoms with Crippen molar-refractivity contribution in [1.29, 1.82) is 0 Å². The second-order valence-electron chi connectivity index (χ2n) is 2.36. The van der Waals surface area contributed by atoms with E-state index in [1.165, 1.54) is 0 Å². The Bertz CT molecular complexity index is 224. The molecule has 0 aliphatic rings. The van der Waals surface area contributed by atoms with Crippen molar-refractivity contribution in [2.24, 2.45) is 5.92 Å². The average molecular weight is 316 g/mol. The molecule has 0 heterocycles. The van der Waals surface area contributed by atoms with Crippen LogP contribution in [-0.4, -0.2) is 27.5 Å². The van der Waals surface area contributed by atoms with Crippen molar-refractivity contribution >= 4 is 40.3 Å². The second-order valence-corrected chi connectivity index (χ2v) is 4.27. The summed E-state index contributed by atoms with van der Waals surface area (Å²) in [5, 5.41) is 10.7. The van der Waals surface area contributed by atoms with Crippen LogP contribution in [0.2, 0.25) is 0 Å². The van der Waals surface area contributed by atoms with Gasteiger partial charge in [-0.15, -0.1) is 17.5 Å². The minimum absolute atomic E-state index is 0.0146. The van der Waals surface area contributed by atoms with Crippen LogP contribution in [-0.2, 0) is 0 Å². The Morgan fingerprint density at radius 2 is 2.38 bits per heavy atom. The third-order valence-corrected chi connectivity index (χ3v) is 3.55. The van der Waals surface area contributed by atoms with Crippen LogP contribution in [0.1, 0.15) is 6.92 Å². The van der Waals surface area contributed by atoms with E-state index in [0.717, 1.165) is 0 Å². The number of alkyl halides is 2. The summed E-state index contributed by atoms with van der Waals surface area (Å²) in [4.78, 5) is 10.2. The fraction of sp³-hybridized carbons (Fsp3) is 0.625. The van der Waals surface area contributed by atoms with E-state index in [0.29, 0.717) is 12.4 Å². The van der Waals surface area contributed by atoms with E-state index in [9.17, 15) is 4.79 Å². The highest BCUT2D eigenvalue weighted by atomic mass is 127. The van der Waals surface area contributed by atoms with Gasteiger partial charge in [0.25, 0.3) is 0 Å². The predicted molar refractivity (Wildman–Crippen MR) is 61.5 cm³/mol. The molecule has 0 rings (SSSR count). The molecule has 0 aromatic rings. The molecule has 0 spiro atoms. The third kappa shape index (κ3) is 5.99. The number of halogens is 2. The van der Waals surface area contributed by atoms with Crippen molar-refractivity contribution < 1.29 is 9.90 Å². The molecule has 2 N–H and O–H groups in total. The van der Waals surface area contributed by atoms with Crippen LogP contribution < -0.4 is 5.32 Å². The molecule has 0 aliphatic carbocycles. The molecule has 0 saturated carbocycles. The molecule has 0 aliphatic heterocycles. The van der Waals surface area contributed by atoms with Crippen LogP contribution >= 0.6 is 34.2 Å². The summed E-state index contributed by atoms with van der Waals surface area (Å²) >= 11 is 7.82. The van der Waals surface area contributed by atoms with Crippen molar-refractivity contribution in [3.8, 4) is 11.8 Å². The van der Waals surface area contributed by atoms with E-state index in [4.69, 9.17) is 16.7 Å². The molecule has 3 nitrogen and oxygen atoms in total. The Balaban J connectivity index is 4.07. The third-order valence-electron chi connectivity index (χ3n) is 1.39. The lowest BCUT2D eigenvalue weighted by atomic mass is 10.1. The number of carbonyl (C=O) groups is 1. The van der Waals surface area contributed by atoms with Crippen LogP contribution in [0.5, 0.6) is 0 Å². The van der Waals surface area contributed by atoms with Gasteiger partial charge < -0.3 is 10.4 Å². The average Bonchev–Trinajstić information content (AvgIpc) is 2.10. The standard InChI is InChI=1S/C8H11ClINO2/c1-2-3-6(7(10)4-9)5-11-8(12)13/h6-7,11H,4-5H2,1H3,(H,12,13). The number of carboxylic acid groups (broad SMARTS) is 1. The Kier molecular flexibility index (Phi) is 7.19. The van der Waals surface area contributed by atoms with Gasteiger partial charge in [-0.05, 0) is 6.92 Å². The highest BCUT2D eigenvalue weighted by molar-refractivity contribution is 14.1. The van der Waals surface area contributed by atoms with Gasteiger partial charge in [0, 0.05) is 16.3 Å². The first-order chi connectivity index (χ1) is 6.11. The lowest BCUT2D eigenvalue weighted by Crippen LogP contribution is -2.31. The molecule has 0 saturated heterocycles. The molecule has 2 unspecified atom stereocenters. The fourth-order valence-corrected chi connectivity index (χ4v) is 1.41. The number of amides is 1. The van der Waals surface area contributed by atoms with Crippen molar-refractivity contribution in [3.63, 3.8) is 0 Å². The van der Waals surface area contributed by atoms with Gasteiger partial charge in [0.2, 0.25) is 0 Å². The van der Waals surface area contributed by atoms with Gasteiger partial charge in [-0.2, -0.15) is 0 Å². The monoisotopic (exact) mass is 315 g/mol. The van der Waals surface area contributed by atoms with E-state index < -0.39 is 6.09 Å². The smallest absolute Gasteiger partial charge is 0.404 e. The lowest BCUT2D eigenvalue weighted by Gasteiger charge is -2.14. The number of rotatable bonds is 4. The first kappa shape index (κ1) is 12.8. The Labute approximate surface area is 96.4 Å². The molecule has 0 bridgehead atoms. The van der Waals surface area contributed by atoms with E-state index in [-0.39, 0.29) is 9.84 Å². The zero-order chi connectivity index (χ0) is 10.3. The molecule has 0 fully saturated rings. The summed E-state index contributed by atoms with van der Waals surface area (Å²) in [5.41, 5.74) is 0. The van der Waals surface area contributed by atoms with Crippen LogP contribution in [0.15, 0.2) is 0 Å². The highest BCUT2D eigenvalue weighted by Crippen LogP contribution is 2.14. The quantitative estimate of drug-likeness (QED) is 0.473. The van der Waals surface area contributed by atoms with Crippen molar-refractivity contribution in [1.82, 2.24) is 5.32 Å². The Morgan fingerprint density at radius 3 is 2.77 bits per heavy atom. The van der Waals surface area contributed by atoms with Gasteiger partial charge in [-0.3, -0.25) is 0 Å². The normalized spacial score (nSPS) is 13.8. The molecule has 74 valence electrons. The minimum Gasteiger partial charge on any atom is -0.465 e. The molecule has 0 radical (unpaired) electrons. The van der Waals surface area contributed by atoms with Crippen molar-refractivity contribution in [3.05, 3.63) is 0 Å². The maximum Gasteiger partial charge on any atom is 0.404 e. The molecular formula is C8H11ClINO2. The van der Waals surface area contributed by atoms with Crippen LogP contribution in [0, 0.1) is 17.8 Å². The van der Waals surface area contributed by atoms with Gasteiger partial charge in [-0.25, -0.2) is 4.79 Å². The number of hydrogen-bond acceptors (Lipinski definition) is 1. The van der Waals surface area contributed by atoms with Gasteiger partial charge in [-0.1, -0.05) is 28.5 Å². The fourth-order valence-electron chi connectivity index (χ4n) is 0.760. The van der Waals surface area contributed by atoms with E-state index >= 15 is 0 Å². The highest BCUT2D eigenvalue weighted by Gasteiger charge is 2.15. The first-order valence-corrected chi connectivity index (χ1v) is 5.49. The summed E-state index contributed by atoms with van der Waals surface area (Å²) < 4.78 is 0.165. The van der Waals surface area contributed by atoms with Gasteiger partial charge in [0.15, 0.2) is 0 Å². The summed E-state index contributed by atoms with van der Waals surface area (Å²) in [5.74, 6) is 6.14. The second kappa shape index (κ2) is 7.27. The summed E-state index contributed by atoms with van der Waals surface area (Å²) in [7, 11) is 0. The zero-order valence-corrected chi connectivity index (χ0v) is 10.1. The van der Waals surface area contributed by atoms with E-state index in [2.05, 4.69) is 39.7 Å². The molecular weight excluding hydrogens is 304 g/mol. The molecule has 1 amide bonds. The minimum atomic E-state index is -1.03. The zero-order valence-electron chi connectivity index (χ0n) is 7.18. The van der Waals surface area contributed by atoms with Crippen LogP contribution in [0.25, 0.3) is 0 Å². The molecule has 0 aromatic heterocycles. The molecule has 2 atom stereocenters. The van der Waals surface area contributed by atoms with Gasteiger partial charge >= 0.3 is 6.09 Å². The van der Waals surface area contributed by atoms with E-state index in [1.807, 2.05) is 0 Å². The maximum atomic E-state index is 10.2. The number of hydrogen-bond donors (Lipinski definition) is 2. The van der Waals surface area contributed by atoms with Gasteiger partial charge in [0.05, 0.1) is 5.92 Å². The van der Waals surface area contributed by atoms with Crippen molar-refractivity contribution in [2.75, 3.05) is 12.4 Å². The summed E-state index contributed by atoms with van der Waals surface area (Å²) in [6, 6.07) is 0. The van der Waals surface area contributed by atoms with Crippen LogP contribution in [0.3, 0.4) is 0 Å². The molecule has 13 heavy (non-hydrogen) atoms. The topological polar surface area (TPSA) is 49.3 Å². The van der Waals surface area contributed by atoms with Crippen molar-refractivity contribution in [2.45, 2.75) is 10.8 Å². The number of nitrogens with one attached hydrogen (secondary N) is 1. The molecule has 5 heteroatoms. The maximum absolute atomic E-state index is 10.2. The largest absolute Gasteiger partial charge is 0.465 e. The lowest BCUT2D eigenvalue weighted by molar-refractivity contribution is 0.193. The predicted octanol–water partition coefficient (Wildman–Crippen LogP) is 1.94. The Hall–Kier alpha value is -0.150. The van der Waals surface area contributed by atoms with Gasteiger partial charge in [0.1, 0.15) is 0 Å². The summed E-state index contributed by atoms with van der Waals surface area (Å²) in [6.07, 6.45) is -1.03. The first-order valence-electron chi connectivity index (χ1n) is 3.71.